The maximum atomic E-state index is 12.7. The summed E-state index contributed by atoms with van der Waals surface area (Å²) in [6, 6.07) is 12.8. The van der Waals surface area contributed by atoms with Crippen LogP contribution in [0.1, 0.15) is 31.0 Å². The molecule has 7 nitrogen and oxygen atoms in total. The molecular weight excluding hydrogens is 372 g/mol. The van der Waals surface area contributed by atoms with Gasteiger partial charge in [0.05, 0.1) is 26.9 Å². The van der Waals surface area contributed by atoms with Crippen molar-refractivity contribution in [1.29, 1.82) is 0 Å². The summed E-state index contributed by atoms with van der Waals surface area (Å²) in [6.45, 7) is 3.96. The lowest BCUT2D eigenvalue weighted by molar-refractivity contribution is 0.381. The Kier molecular flexibility index (Phi) is 6.16. The van der Waals surface area contributed by atoms with Crippen molar-refractivity contribution < 1.29 is 18.9 Å². The van der Waals surface area contributed by atoms with E-state index in [1.165, 1.54) is 0 Å². The van der Waals surface area contributed by atoms with E-state index >= 15 is 0 Å². The predicted molar refractivity (Wildman–Crippen MR) is 111 cm³/mol. The number of H-pyrrole nitrogens is 1. The van der Waals surface area contributed by atoms with Crippen molar-refractivity contribution in [2.24, 2.45) is 0 Å². The summed E-state index contributed by atoms with van der Waals surface area (Å²) in [5, 5.41) is 2.88. The lowest BCUT2D eigenvalue weighted by atomic mass is 10.1. The van der Waals surface area contributed by atoms with Crippen LogP contribution in [0.2, 0.25) is 0 Å². The van der Waals surface area contributed by atoms with Gasteiger partial charge in [0, 0.05) is 18.5 Å². The number of methoxy groups -OCH3 is 3. The van der Waals surface area contributed by atoms with Gasteiger partial charge in [0.2, 0.25) is 5.88 Å². The van der Waals surface area contributed by atoms with Crippen LogP contribution in [0, 0.1) is 0 Å². The second-order valence-corrected chi connectivity index (χ2v) is 6.82. The minimum Gasteiger partial charge on any atom is -0.497 e. The average Bonchev–Trinajstić information content (AvgIpc) is 3.04. The highest BCUT2D eigenvalue weighted by atomic mass is 16.5. The number of nitrogens with one attached hydrogen (secondary N) is 1. The second-order valence-electron chi connectivity index (χ2n) is 6.82. The molecule has 0 saturated heterocycles. The van der Waals surface area contributed by atoms with Gasteiger partial charge in [-0.2, -0.15) is 0 Å². The zero-order valence-corrected chi connectivity index (χ0v) is 17.3. The minimum atomic E-state index is -0.194. The molecular formula is C22H26N2O5. The van der Waals surface area contributed by atoms with Crippen LogP contribution in [-0.2, 0) is 6.42 Å². The molecule has 0 amide bonds. The summed E-state index contributed by atoms with van der Waals surface area (Å²) in [7, 11) is 4.80. The smallest absolute Gasteiger partial charge is 0.271 e. The van der Waals surface area contributed by atoms with E-state index in [4.69, 9.17) is 18.9 Å². The molecule has 1 N–H and O–H groups in total. The Balaban J connectivity index is 2.01. The Labute approximate surface area is 169 Å². The number of aromatic nitrogens is 2. The third-order valence-corrected chi connectivity index (χ3v) is 4.62. The molecule has 29 heavy (non-hydrogen) atoms. The first-order chi connectivity index (χ1) is 14.0. The average molecular weight is 398 g/mol. The van der Waals surface area contributed by atoms with Crippen LogP contribution in [0.4, 0.5) is 0 Å². The fraction of sp³-hybridized carbons (Fsp3) is 0.318. The van der Waals surface area contributed by atoms with Gasteiger partial charge in [-0.1, -0.05) is 6.07 Å². The van der Waals surface area contributed by atoms with Crippen molar-refractivity contribution in [2.45, 2.75) is 26.3 Å². The number of aromatic amines is 1. The quantitative estimate of drug-likeness (QED) is 0.617. The Morgan fingerprint density at radius 1 is 0.897 bits per heavy atom. The molecule has 7 heteroatoms. The number of hydrogen-bond acceptors (Lipinski definition) is 5. The number of nitrogens with zero attached hydrogens (tertiary/aromatic N) is 1. The maximum absolute atomic E-state index is 12.7. The summed E-state index contributed by atoms with van der Waals surface area (Å²) in [4.78, 5) is 12.7. The van der Waals surface area contributed by atoms with Crippen molar-refractivity contribution in [3.05, 3.63) is 63.9 Å². The largest absolute Gasteiger partial charge is 0.497 e. The van der Waals surface area contributed by atoms with E-state index in [1.54, 1.807) is 44.2 Å². The Hall–Kier alpha value is -3.35. The standard InChI is InChI=1S/C22H26N2O5/c1-14(2)24-22(29-17-10-8-16(26-3)9-11-17)19(21(25)23-24)12-15-6-7-18(27-4)13-20(15)28-5/h6-11,13-14H,12H2,1-5H3,(H,23,25). The Bertz CT molecular complexity index is 1020. The SMILES string of the molecule is COc1ccc(Oc2c(Cc3ccc(OC)cc3OC)c(=O)[nH]n2C(C)C)cc1. The van der Waals surface area contributed by atoms with E-state index in [2.05, 4.69) is 5.10 Å². The molecule has 0 aliphatic carbocycles. The molecule has 3 aromatic rings. The monoisotopic (exact) mass is 398 g/mol. The van der Waals surface area contributed by atoms with Crippen molar-refractivity contribution in [3.63, 3.8) is 0 Å². The van der Waals surface area contributed by atoms with Gasteiger partial charge in [-0.3, -0.25) is 14.6 Å². The molecule has 1 heterocycles. The normalized spacial score (nSPS) is 10.8. The molecule has 0 spiro atoms. The van der Waals surface area contributed by atoms with E-state index in [-0.39, 0.29) is 11.6 Å². The molecule has 0 saturated carbocycles. The highest BCUT2D eigenvalue weighted by molar-refractivity contribution is 5.45. The van der Waals surface area contributed by atoms with E-state index in [1.807, 2.05) is 38.1 Å². The third-order valence-electron chi connectivity index (χ3n) is 4.62. The van der Waals surface area contributed by atoms with E-state index in [0.717, 1.165) is 11.3 Å². The van der Waals surface area contributed by atoms with Gasteiger partial charge in [0.1, 0.15) is 23.0 Å². The van der Waals surface area contributed by atoms with E-state index in [9.17, 15) is 4.79 Å². The van der Waals surface area contributed by atoms with Crippen LogP contribution in [0.5, 0.6) is 28.9 Å². The van der Waals surface area contributed by atoms with Gasteiger partial charge >= 0.3 is 0 Å². The molecule has 0 bridgehead atoms. The first-order valence-corrected chi connectivity index (χ1v) is 9.33. The van der Waals surface area contributed by atoms with E-state index < -0.39 is 0 Å². The summed E-state index contributed by atoms with van der Waals surface area (Å²) in [5.41, 5.74) is 1.19. The van der Waals surface area contributed by atoms with Gasteiger partial charge in [-0.15, -0.1) is 0 Å². The van der Waals surface area contributed by atoms with Gasteiger partial charge < -0.3 is 18.9 Å². The maximum Gasteiger partial charge on any atom is 0.271 e. The zero-order valence-electron chi connectivity index (χ0n) is 17.3. The highest BCUT2D eigenvalue weighted by Gasteiger charge is 2.21. The molecule has 0 atom stereocenters. The summed E-state index contributed by atoms with van der Waals surface area (Å²) in [6.07, 6.45) is 0.355. The van der Waals surface area contributed by atoms with Gasteiger partial charge in [-0.05, 0) is 49.7 Å². The Morgan fingerprint density at radius 2 is 1.52 bits per heavy atom. The van der Waals surface area contributed by atoms with Gasteiger partial charge in [-0.25, -0.2) is 0 Å². The fourth-order valence-corrected chi connectivity index (χ4v) is 3.04. The predicted octanol–water partition coefficient (Wildman–Crippen LogP) is 4.17. The van der Waals surface area contributed by atoms with E-state index in [0.29, 0.717) is 35.1 Å². The molecule has 2 aromatic carbocycles. The third kappa shape index (κ3) is 4.39. The number of benzene rings is 2. The molecule has 154 valence electrons. The van der Waals surface area contributed by atoms with Crippen molar-refractivity contribution in [1.82, 2.24) is 9.78 Å². The highest BCUT2D eigenvalue weighted by Crippen LogP contribution is 2.32. The second kappa shape index (κ2) is 8.77. The molecule has 0 fully saturated rings. The molecule has 0 aliphatic heterocycles. The summed E-state index contributed by atoms with van der Waals surface area (Å²) >= 11 is 0. The number of hydrogen-bond donors (Lipinski definition) is 1. The summed E-state index contributed by atoms with van der Waals surface area (Å²) in [5.74, 6) is 3.16. The first-order valence-electron chi connectivity index (χ1n) is 9.33. The Morgan fingerprint density at radius 3 is 2.10 bits per heavy atom. The zero-order chi connectivity index (χ0) is 21.0. The van der Waals surface area contributed by atoms with Crippen LogP contribution in [-0.4, -0.2) is 31.1 Å². The molecule has 0 radical (unpaired) electrons. The molecule has 3 rings (SSSR count). The van der Waals surface area contributed by atoms with Crippen LogP contribution < -0.4 is 24.5 Å². The van der Waals surface area contributed by atoms with Crippen molar-refractivity contribution in [3.8, 4) is 28.9 Å². The van der Waals surface area contributed by atoms with Gasteiger partial charge in [0.15, 0.2) is 0 Å². The lowest BCUT2D eigenvalue weighted by Crippen LogP contribution is -2.09. The molecule has 0 aliphatic rings. The molecule has 0 unspecified atom stereocenters. The minimum absolute atomic E-state index is 0.0162. The van der Waals surface area contributed by atoms with Crippen molar-refractivity contribution >= 4 is 0 Å². The van der Waals surface area contributed by atoms with Crippen molar-refractivity contribution in [2.75, 3.05) is 21.3 Å². The van der Waals surface area contributed by atoms with Crippen LogP contribution >= 0.6 is 0 Å². The topological polar surface area (TPSA) is 74.7 Å². The van der Waals surface area contributed by atoms with Gasteiger partial charge in [0.25, 0.3) is 5.56 Å². The van der Waals surface area contributed by atoms with Crippen LogP contribution in [0.15, 0.2) is 47.3 Å². The van der Waals surface area contributed by atoms with Crippen LogP contribution in [0.3, 0.4) is 0 Å². The lowest BCUT2D eigenvalue weighted by Gasteiger charge is -2.15. The summed E-state index contributed by atoms with van der Waals surface area (Å²) < 4.78 is 23.8. The number of rotatable bonds is 8. The number of ether oxygens (including phenoxy) is 4. The van der Waals surface area contributed by atoms with Crippen LogP contribution in [0.25, 0.3) is 0 Å². The molecule has 1 aromatic heterocycles. The fourth-order valence-electron chi connectivity index (χ4n) is 3.04. The first kappa shape index (κ1) is 20.4.